The molecule has 1 aliphatic heterocycles. The molecule has 4 nitrogen and oxygen atoms in total. The van der Waals surface area contributed by atoms with Gasteiger partial charge in [-0.3, -0.25) is 0 Å². The van der Waals surface area contributed by atoms with Gasteiger partial charge in [0, 0.05) is 55.0 Å². The van der Waals surface area contributed by atoms with Crippen molar-refractivity contribution in [2.75, 3.05) is 5.75 Å². The Balaban J connectivity index is 0.00000280. The predicted molar refractivity (Wildman–Crippen MR) is 146 cm³/mol. The van der Waals surface area contributed by atoms with Crippen molar-refractivity contribution >= 4 is 27.7 Å². The van der Waals surface area contributed by atoms with E-state index in [4.69, 9.17) is 9.73 Å². The van der Waals surface area contributed by atoms with Crippen LogP contribution in [0.25, 0.3) is 10.9 Å². The standard InChI is InChI=1S/C31H23N2O2S.Pt/c34-27-16-8-13-23-17-18-28(33-30(23)27)35-25-15-7-14-24(19-25)31-32-26(20-36-31)29(21-9-3-1-4-10-21)22-11-5-2-6-12-22;/h1-18,26,29,34H,20H2;/q-1;/t26-;/m1./s1. The monoisotopic (exact) mass is 682 g/mol. The Bertz CT molecular complexity index is 1500. The van der Waals surface area contributed by atoms with E-state index in [1.807, 2.05) is 30.3 Å². The van der Waals surface area contributed by atoms with Gasteiger partial charge in [0.25, 0.3) is 0 Å². The molecule has 5 aromatic rings. The summed E-state index contributed by atoms with van der Waals surface area (Å²) in [5, 5.41) is 12.0. The Morgan fingerprint density at radius 2 is 1.51 bits per heavy atom. The van der Waals surface area contributed by atoms with Gasteiger partial charge in [-0.2, -0.15) is 11.8 Å². The molecule has 1 aliphatic rings. The molecule has 1 atom stereocenters. The molecule has 6 rings (SSSR count). The van der Waals surface area contributed by atoms with Gasteiger partial charge in [0.1, 0.15) is 11.3 Å². The van der Waals surface area contributed by atoms with Crippen molar-refractivity contribution in [1.29, 1.82) is 0 Å². The Morgan fingerprint density at radius 1 is 0.811 bits per heavy atom. The molecule has 2 heterocycles. The number of fused-ring (bicyclic) bond motifs is 1. The number of hydrogen-bond donors (Lipinski definition) is 1. The predicted octanol–water partition coefficient (Wildman–Crippen LogP) is 7.22. The van der Waals surface area contributed by atoms with E-state index in [1.54, 1.807) is 30.0 Å². The van der Waals surface area contributed by atoms with Crippen molar-refractivity contribution in [2.24, 2.45) is 4.99 Å². The van der Waals surface area contributed by atoms with E-state index in [0.29, 0.717) is 17.1 Å². The van der Waals surface area contributed by atoms with Gasteiger partial charge in [-0.15, -0.1) is 23.8 Å². The van der Waals surface area contributed by atoms with E-state index >= 15 is 0 Å². The van der Waals surface area contributed by atoms with E-state index < -0.39 is 0 Å². The number of aromatic nitrogens is 1. The average Bonchev–Trinajstić information content (AvgIpc) is 3.41. The van der Waals surface area contributed by atoms with Crippen LogP contribution < -0.4 is 4.74 Å². The summed E-state index contributed by atoms with van der Waals surface area (Å²) in [5.74, 6) is 2.18. The number of para-hydroxylation sites is 1. The molecule has 0 amide bonds. The van der Waals surface area contributed by atoms with Gasteiger partial charge < -0.3 is 14.8 Å². The van der Waals surface area contributed by atoms with Crippen molar-refractivity contribution in [3.8, 4) is 17.4 Å². The maximum Gasteiger partial charge on any atom is 0.217 e. The quantitative estimate of drug-likeness (QED) is 0.192. The van der Waals surface area contributed by atoms with Gasteiger partial charge in [-0.1, -0.05) is 78.9 Å². The number of phenolic OH excluding ortho intramolecular Hbond substituents is 1. The number of ether oxygens (including phenoxy) is 1. The molecule has 0 bridgehead atoms. The van der Waals surface area contributed by atoms with E-state index in [1.165, 1.54) is 11.1 Å². The first kappa shape index (κ1) is 25.3. The van der Waals surface area contributed by atoms with Crippen molar-refractivity contribution < 1.29 is 30.9 Å². The summed E-state index contributed by atoms with van der Waals surface area (Å²) < 4.78 is 6.01. The number of thioether (sulfide) groups is 1. The number of nitrogens with zero attached hydrogens (tertiary/aromatic N) is 2. The molecule has 0 aliphatic carbocycles. The SMILES string of the molecule is Oc1cccc2ccc(Oc3[c-]c(C4=N[C@@H](C(c5ccccc5)c5ccccc5)CS4)ccc3)nc12.[Pt]. The Labute approximate surface area is 234 Å². The largest absolute Gasteiger partial charge is 0.506 e. The van der Waals surface area contributed by atoms with Crippen LogP contribution in [0, 0.1) is 6.07 Å². The molecule has 4 aromatic carbocycles. The summed E-state index contributed by atoms with van der Waals surface area (Å²) in [6, 6.07) is 39.5. The number of aromatic hydroxyl groups is 1. The van der Waals surface area contributed by atoms with Gasteiger partial charge in [-0.25, -0.2) is 4.98 Å². The minimum Gasteiger partial charge on any atom is -0.506 e. The fraction of sp³-hybridized carbons (Fsp3) is 0.0968. The molecule has 6 heteroatoms. The summed E-state index contributed by atoms with van der Waals surface area (Å²) in [7, 11) is 0. The maximum atomic E-state index is 10.1. The first-order valence-corrected chi connectivity index (χ1v) is 12.8. The zero-order valence-corrected chi connectivity index (χ0v) is 22.8. The van der Waals surface area contributed by atoms with Crippen molar-refractivity contribution in [3.63, 3.8) is 0 Å². The molecule has 186 valence electrons. The Morgan fingerprint density at radius 3 is 2.24 bits per heavy atom. The zero-order chi connectivity index (χ0) is 24.3. The third-order valence-corrected chi connectivity index (χ3v) is 7.37. The maximum absolute atomic E-state index is 10.1. The number of phenols is 1. The molecule has 1 N–H and O–H groups in total. The van der Waals surface area contributed by atoms with E-state index in [2.05, 4.69) is 71.7 Å². The van der Waals surface area contributed by atoms with Crippen LogP contribution in [0.2, 0.25) is 0 Å². The molecular weight excluding hydrogens is 659 g/mol. The van der Waals surface area contributed by atoms with E-state index in [0.717, 1.165) is 21.7 Å². The van der Waals surface area contributed by atoms with Crippen LogP contribution >= 0.6 is 11.8 Å². The molecule has 37 heavy (non-hydrogen) atoms. The zero-order valence-electron chi connectivity index (χ0n) is 19.7. The molecule has 1 aromatic heterocycles. The van der Waals surface area contributed by atoms with E-state index in [9.17, 15) is 5.11 Å². The van der Waals surface area contributed by atoms with Crippen LogP contribution in [0.15, 0.2) is 114 Å². The summed E-state index contributed by atoms with van der Waals surface area (Å²) in [6.45, 7) is 0. The van der Waals surface area contributed by atoms with E-state index in [-0.39, 0.29) is 38.8 Å². The first-order chi connectivity index (χ1) is 17.7. The smallest absolute Gasteiger partial charge is 0.217 e. The third kappa shape index (κ3) is 5.48. The van der Waals surface area contributed by atoms with Crippen LogP contribution in [-0.4, -0.2) is 26.9 Å². The van der Waals surface area contributed by atoms with Gasteiger partial charge in [-0.05, 0) is 23.3 Å². The molecule has 0 saturated heterocycles. The number of rotatable bonds is 6. The first-order valence-electron chi connectivity index (χ1n) is 11.8. The Hall–Kier alpha value is -3.40. The average molecular weight is 683 g/mol. The van der Waals surface area contributed by atoms with Gasteiger partial charge in [0.15, 0.2) is 0 Å². The molecule has 0 fully saturated rings. The molecular formula is C31H23N2O2PtS-. The summed E-state index contributed by atoms with van der Waals surface area (Å²) in [5.41, 5.74) is 3.96. The van der Waals surface area contributed by atoms with Crippen LogP contribution in [0.3, 0.4) is 0 Å². The fourth-order valence-corrected chi connectivity index (χ4v) is 5.66. The van der Waals surface area contributed by atoms with Crippen molar-refractivity contribution in [3.05, 3.63) is 132 Å². The van der Waals surface area contributed by atoms with Crippen LogP contribution in [0.1, 0.15) is 22.6 Å². The second-order valence-electron chi connectivity index (χ2n) is 8.64. The summed E-state index contributed by atoms with van der Waals surface area (Å²) in [6.07, 6.45) is 0. The Kier molecular flexibility index (Phi) is 7.73. The van der Waals surface area contributed by atoms with Gasteiger partial charge in [0.05, 0.1) is 6.04 Å². The van der Waals surface area contributed by atoms with Crippen molar-refractivity contribution in [2.45, 2.75) is 12.0 Å². The topological polar surface area (TPSA) is 54.7 Å². The minimum absolute atomic E-state index is 0. The number of aliphatic imine (C=N–C) groups is 1. The van der Waals surface area contributed by atoms with Gasteiger partial charge >= 0.3 is 0 Å². The molecule has 0 spiro atoms. The minimum atomic E-state index is 0. The second kappa shape index (κ2) is 11.3. The normalized spacial score (nSPS) is 14.8. The molecule has 0 radical (unpaired) electrons. The second-order valence-corrected chi connectivity index (χ2v) is 9.65. The third-order valence-electron chi connectivity index (χ3n) is 6.26. The summed E-state index contributed by atoms with van der Waals surface area (Å²) >= 11 is 1.75. The molecule has 0 saturated carbocycles. The summed E-state index contributed by atoms with van der Waals surface area (Å²) in [4.78, 5) is 9.63. The van der Waals surface area contributed by atoms with Gasteiger partial charge in [0.2, 0.25) is 5.88 Å². The van der Waals surface area contributed by atoms with Crippen LogP contribution in [-0.2, 0) is 21.1 Å². The number of benzene rings is 4. The fourth-order valence-electron chi connectivity index (χ4n) is 4.58. The van der Waals surface area contributed by atoms with Crippen molar-refractivity contribution in [1.82, 2.24) is 4.98 Å². The van der Waals surface area contributed by atoms with Crippen LogP contribution in [0.5, 0.6) is 17.4 Å². The number of pyridine rings is 1. The molecule has 0 unspecified atom stereocenters. The number of hydrogen-bond acceptors (Lipinski definition) is 5. The van der Waals surface area contributed by atoms with Crippen LogP contribution in [0.4, 0.5) is 0 Å².